The second kappa shape index (κ2) is 7.57. The monoisotopic (exact) mass is 285 g/mol. The first kappa shape index (κ1) is 15.2. The SMILES string of the molecule is O=C(c1ccccc1)N(CCO)c1ccc(CCO)cc1. The molecule has 0 aromatic heterocycles. The van der Waals surface area contributed by atoms with E-state index >= 15 is 0 Å². The highest BCUT2D eigenvalue weighted by Gasteiger charge is 2.16. The first-order valence-electron chi connectivity index (χ1n) is 6.94. The van der Waals surface area contributed by atoms with Gasteiger partial charge in [0.05, 0.1) is 6.61 Å². The summed E-state index contributed by atoms with van der Waals surface area (Å²) in [5.74, 6) is -0.139. The van der Waals surface area contributed by atoms with Gasteiger partial charge in [0.1, 0.15) is 0 Å². The van der Waals surface area contributed by atoms with Crippen LogP contribution in [0.2, 0.25) is 0 Å². The predicted molar refractivity (Wildman–Crippen MR) is 82.4 cm³/mol. The van der Waals surface area contributed by atoms with Gasteiger partial charge in [-0.3, -0.25) is 4.79 Å². The number of carbonyl (C=O) groups excluding carboxylic acids is 1. The quantitative estimate of drug-likeness (QED) is 0.851. The minimum atomic E-state index is -0.139. The Bertz CT molecular complexity index is 566. The number of hydrogen-bond donors (Lipinski definition) is 2. The van der Waals surface area contributed by atoms with Crippen molar-refractivity contribution in [1.29, 1.82) is 0 Å². The highest BCUT2D eigenvalue weighted by Crippen LogP contribution is 2.18. The molecule has 0 unspecified atom stereocenters. The van der Waals surface area contributed by atoms with Gasteiger partial charge in [-0.15, -0.1) is 0 Å². The number of benzene rings is 2. The van der Waals surface area contributed by atoms with Gasteiger partial charge in [0, 0.05) is 24.4 Å². The maximum absolute atomic E-state index is 12.5. The van der Waals surface area contributed by atoms with Crippen molar-refractivity contribution in [2.24, 2.45) is 0 Å². The standard InChI is InChI=1S/C17H19NO3/c19-12-10-14-6-8-16(9-7-14)18(11-13-20)17(21)15-4-2-1-3-5-15/h1-9,19-20H,10-13H2. The van der Waals surface area contributed by atoms with Gasteiger partial charge in [-0.25, -0.2) is 0 Å². The molecule has 0 spiro atoms. The van der Waals surface area contributed by atoms with Gasteiger partial charge in [-0.2, -0.15) is 0 Å². The Morgan fingerprint density at radius 3 is 2.14 bits per heavy atom. The second-order valence-corrected chi connectivity index (χ2v) is 4.69. The lowest BCUT2D eigenvalue weighted by Crippen LogP contribution is -2.33. The molecule has 0 atom stereocenters. The molecule has 0 radical (unpaired) electrons. The van der Waals surface area contributed by atoms with E-state index in [0.717, 1.165) is 11.3 Å². The third-order valence-electron chi connectivity index (χ3n) is 3.24. The zero-order valence-corrected chi connectivity index (χ0v) is 11.8. The maximum atomic E-state index is 12.5. The summed E-state index contributed by atoms with van der Waals surface area (Å²) in [4.78, 5) is 14.1. The Kier molecular flexibility index (Phi) is 5.49. The number of amides is 1. The molecule has 2 aromatic rings. The molecule has 2 rings (SSSR count). The molecule has 0 aliphatic carbocycles. The average Bonchev–Trinajstić information content (AvgIpc) is 2.54. The van der Waals surface area contributed by atoms with Crippen LogP contribution < -0.4 is 4.90 Å². The largest absolute Gasteiger partial charge is 0.396 e. The Morgan fingerprint density at radius 1 is 0.905 bits per heavy atom. The van der Waals surface area contributed by atoms with Crippen molar-refractivity contribution in [3.63, 3.8) is 0 Å². The van der Waals surface area contributed by atoms with Gasteiger partial charge in [0.2, 0.25) is 0 Å². The second-order valence-electron chi connectivity index (χ2n) is 4.69. The molecule has 110 valence electrons. The van der Waals surface area contributed by atoms with Crippen molar-refractivity contribution < 1.29 is 15.0 Å². The molecular weight excluding hydrogens is 266 g/mol. The van der Waals surface area contributed by atoms with Gasteiger partial charge in [0.15, 0.2) is 0 Å². The molecule has 0 saturated carbocycles. The Labute approximate surface area is 124 Å². The maximum Gasteiger partial charge on any atom is 0.258 e. The molecule has 0 bridgehead atoms. The van der Waals surface area contributed by atoms with Crippen LogP contribution in [0.25, 0.3) is 0 Å². The van der Waals surface area contributed by atoms with E-state index < -0.39 is 0 Å². The molecule has 21 heavy (non-hydrogen) atoms. The zero-order chi connectivity index (χ0) is 15.1. The minimum Gasteiger partial charge on any atom is -0.396 e. The first-order chi connectivity index (χ1) is 10.3. The molecule has 0 saturated heterocycles. The fourth-order valence-electron chi connectivity index (χ4n) is 2.16. The topological polar surface area (TPSA) is 60.8 Å². The predicted octanol–water partition coefficient (Wildman–Crippen LogP) is 1.86. The van der Waals surface area contributed by atoms with Gasteiger partial charge in [-0.1, -0.05) is 30.3 Å². The third-order valence-corrected chi connectivity index (χ3v) is 3.24. The molecule has 2 aromatic carbocycles. The molecule has 4 heteroatoms. The van der Waals surface area contributed by atoms with Gasteiger partial charge < -0.3 is 15.1 Å². The summed E-state index contributed by atoms with van der Waals surface area (Å²) in [5.41, 5.74) is 2.34. The van der Waals surface area contributed by atoms with E-state index in [1.165, 1.54) is 0 Å². The number of carbonyl (C=O) groups is 1. The Balaban J connectivity index is 2.24. The normalized spacial score (nSPS) is 10.4. The molecule has 1 amide bonds. The molecule has 0 heterocycles. The van der Waals surface area contributed by atoms with Crippen LogP contribution in [0.1, 0.15) is 15.9 Å². The van der Waals surface area contributed by atoms with Crippen molar-refractivity contribution >= 4 is 11.6 Å². The van der Waals surface area contributed by atoms with Crippen molar-refractivity contribution in [2.75, 3.05) is 24.7 Å². The Morgan fingerprint density at radius 2 is 1.57 bits per heavy atom. The van der Waals surface area contributed by atoms with Gasteiger partial charge >= 0.3 is 0 Å². The zero-order valence-electron chi connectivity index (χ0n) is 11.8. The van der Waals surface area contributed by atoms with Crippen LogP contribution in [0, 0.1) is 0 Å². The number of nitrogens with zero attached hydrogens (tertiary/aromatic N) is 1. The van der Waals surface area contributed by atoms with E-state index in [9.17, 15) is 9.90 Å². The highest BCUT2D eigenvalue weighted by molar-refractivity contribution is 6.06. The summed E-state index contributed by atoms with van der Waals surface area (Å²) in [7, 11) is 0. The lowest BCUT2D eigenvalue weighted by Gasteiger charge is -2.22. The van der Waals surface area contributed by atoms with E-state index in [0.29, 0.717) is 12.0 Å². The summed E-state index contributed by atoms with van der Waals surface area (Å²) >= 11 is 0. The molecule has 0 aliphatic heterocycles. The number of aliphatic hydroxyl groups excluding tert-OH is 2. The summed E-state index contributed by atoms with van der Waals surface area (Å²) in [6, 6.07) is 16.4. The van der Waals surface area contributed by atoms with Crippen molar-refractivity contribution in [1.82, 2.24) is 0 Å². The number of hydrogen-bond acceptors (Lipinski definition) is 3. The van der Waals surface area contributed by atoms with Gasteiger partial charge in [0.25, 0.3) is 5.91 Å². The van der Waals surface area contributed by atoms with Crippen molar-refractivity contribution in [2.45, 2.75) is 6.42 Å². The third kappa shape index (κ3) is 3.90. The Hall–Kier alpha value is -2.17. The smallest absolute Gasteiger partial charge is 0.258 e. The summed E-state index contributed by atoms with van der Waals surface area (Å²) in [5, 5.41) is 18.1. The van der Waals surface area contributed by atoms with Crippen molar-refractivity contribution in [3.05, 3.63) is 65.7 Å². The first-order valence-corrected chi connectivity index (χ1v) is 6.94. The van der Waals surface area contributed by atoms with Crippen molar-refractivity contribution in [3.8, 4) is 0 Å². The molecule has 0 aliphatic rings. The van der Waals surface area contributed by atoms with Gasteiger partial charge in [-0.05, 0) is 36.2 Å². The van der Waals surface area contributed by atoms with E-state index in [1.807, 2.05) is 42.5 Å². The number of rotatable bonds is 6. The molecule has 0 fully saturated rings. The van der Waals surface area contributed by atoms with Crippen LogP contribution >= 0.6 is 0 Å². The van der Waals surface area contributed by atoms with Crippen LogP contribution in [0.5, 0.6) is 0 Å². The fraction of sp³-hybridized carbons (Fsp3) is 0.235. The van der Waals surface area contributed by atoms with Crippen LogP contribution in [0.4, 0.5) is 5.69 Å². The molecule has 2 N–H and O–H groups in total. The minimum absolute atomic E-state index is 0.0998. The van der Waals surface area contributed by atoms with E-state index in [2.05, 4.69) is 0 Å². The summed E-state index contributed by atoms with van der Waals surface area (Å²) < 4.78 is 0. The average molecular weight is 285 g/mol. The van der Waals surface area contributed by atoms with Crippen LogP contribution in [0.15, 0.2) is 54.6 Å². The molecule has 4 nitrogen and oxygen atoms in total. The van der Waals surface area contributed by atoms with Crippen LogP contribution in [-0.4, -0.2) is 35.9 Å². The van der Waals surface area contributed by atoms with Crippen LogP contribution in [0.3, 0.4) is 0 Å². The molecular formula is C17H19NO3. The fourth-order valence-corrected chi connectivity index (χ4v) is 2.16. The number of anilines is 1. The summed E-state index contributed by atoms with van der Waals surface area (Å²) in [6.07, 6.45) is 0.590. The summed E-state index contributed by atoms with van der Waals surface area (Å²) in [6.45, 7) is 0.243. The lowest BCUT2D eigenvalue weighted by atomic mass is 10.1. The number of aliphatic hydroxyl groups is 2. The van der Waals surface area contributed by atoms with E-state index in [1.54, 1.807) is 17.0 Å². The van der Waals surface area contributed by atoms with E-state index in [-0.39, 0.29) is 25.7 Å². The van der Waals surface area contributed by atoms with E-state index in [4.69, 9.17) is 5.11 Å². The lowest BCUT2D eigenvalue weighted by molar-refractivity contribution is 0.0981. The van der Waals surface area contributed by atoms with Crippen LogP contribution in [-0.2, 0) is 6.42 Å². The highest BCUT2D eigenvalue weighted by atomic mass is 16.3.